The fourth-order valence-corrected chi connectivity index (χ4v) is 2.09. The van der Waals surface area contributed by atoms with Crippen molar-refractivity contribution in [3.63, 3.8) is 0 Å². The minimum Gasteiger partial charge on any atom is -0.379 e. The Morgan fingerprint density at radius 1 is 1.44 bits per heavy atom. The Labute approximate surface area is 107 Å². The number of morpholine rings is 1. The van der Waals surface area contributed by atoms with E-state index in [1.807, 2.05) is 13.8 Å². The van der Waals surface area contributed by atoms with E-state index in [-0.39, 0.29) is 11.6 Å². The molecule has 0 radical (unpaired) electrons. The fourth-order valence-electron chi connectivity index (χ4n) is 2.09. The summed E-state index contributed by atoms with van der Waals surface area (Å²) >= 11 is 0. The summed E-state index contributed by atoms with van der Waals surface area (Å²) < 4.78 is 6.76. The molecule has 0 atom stereocenters. The second kappa shape index (κ2) is 5.49. The highest BCUT2D eigenvalue weighted by molar-refractivity contribution is 5.77. The van der Waals surface area contributed by atoms with Gasteiger partial charge in [0, 0.05) is 37.6 Å². The van der Waals surface area contributed by atoms with Crippen molar-refractivity contribution in [2.45, 2.75) is 19.4 Å². The third-order valence-electron chi connectivity index (χ3n) is 2.91. The van der Waals surface area contributed by atoms with Crippen molar-refractivity contribution in [2.75, 3.05) is 32.8 Å². The van der Waals surface area contributed by atoms with Crippen LogP contribution in [0.1, 0.15) is 13.8 Å². The first kappa shape index (κ1) is 13.0. The summed E-state index contributed by atoms with van der Waals surface area (Å²) in [6.07, 6.45) is 4.73. The Hall–Kier alpha value is -1.40. The van der Waals surface area contributed by atoms with Crippen molar-refractivity contribution in [1.82, 2.24) is 19.8 Å². The number of nitrogens with one attached hydrogen (secondary N) is 1. The molecule has 0 unspecified atom stereocenters. The molecule has 0 aliphatic carbocycles. The summed E-state index contributed by atoms with van der Waals surface area (Å²) in [6, 6.07) is -0.147. The average Bonchev–Trinajstić information content (AvgIpc) is 2.82. The number of ether oxygens (including phenoxy) is 1. The van der Waals surface area contributed by atoms with Crippen molar-refractivity contribution in [3.05, 3.63) is 18.7 Å². The van der Waals surface area contributed by atoms with Gasteiger partial charge in [0.15, 0.2) is 0 Å². The van der Waals surface area contributed by atoms with E-state index in [1.54, 1.807) is 12.4 Å². The number of aromatic nitrogens is 2. The largest absolute Gasteiger partial charge is 0.379 e. The van der Waals surface area contributed by atoms with Crippen LogP contribution in [-0.2, 0) is 4.74 Å². The highest BCUT2D eigenvalue weighted by atomic mass is 16.5. The van der Waals surface area contributed by atoms with E-state index in [1.165, 1.54) is 10.9 Å². The summed E-state index contributed by atoms with van der Waals surface area (Å²) in [5.74, 6) is 0. The van der Waals surface area contributed by atoms with Gasteiger partial charge in [-0.15, -0.1) is 0 Å². The Morgan fingerprint density at radius 2 is 2.17 bits per heavy atom. The van der Waals surface area contributed by atoms with Crippen LogP contribution in [0.4, 0.5) is 4.79 Å². The zero-order valence-corrected chi connectivity index (χ0v) is 10.9. The highest BCUT2D eigenvalue weighted by Crippen LogP contribution is 2.08. The smallest absolute Gasteiger partial charge is 0.327 e. The van der Waals surface area contributed by atoms with Crippen LogP contribution in [0, 0.1) is 0 Å². The average molecular weight is 252 g/mol. The Kier molecular flexibility index (Phi) is 3.98. The quantitative estimate of drug-likeness (QED) is 0.853. The SMILES string of the molecule is CC(C)(CN1CCOCC1)NC(=O)n1ccnc1. The molecule has 1 saturated heterocycles. The molecular formula is C12H20N4O2. The van der Waals surface area contributed by atoms with Gasteiger partial charge < -0.3 is 10.1 Å². The Bertz CT molecular complexity index is 383. The molecule has 1 amide bonds. The van der Waals surface area contributed by atoms with Gasteiger partial charge in [-0.05, 0) is 13.8 Å². The van der Waals surface area contributed by atoms with Crippen LogP contribution in [0.25, 0.3) is 0 Å². The third-order valence-corrected chi connectivity index (χ3v) is 2.91. The zero-order valence-electron chi connectivity index (χ0n) is 10.9. The molecule has 6 heteroatoms. The van der Waals surface area contributed by atoms with Crippen LogP contribution in [0.15, 0.2) is 18.7 Å². The van der Waals surface area contributed by atoms with Crippen molar-refractivity contribution in [2.24, 2.45) is 0 Å². The standard InChI is InChI=1S/C12H20N4O2/c1-12(2,9-15-5-7-18-8-6-15)14-11(17)16-4-3-13-10-16/h3-4,10H,5-9H2,1-2H3,(H,14,17). The maximum absolute atomic E-state index is 11.9. The van der Waals surface area contributed by atoms with Gasteiger partial charge >= 0.3 is 6.03 Å². The van der Waals surface area contributed by atoms with Crippen LogP contribution < -0.4 is 5.32 Å². The summed E-state index contributed by atoms with van der Waals surface area (Å²) in [5, 5.41) is 3.01. The van der Waals surface area contributed by atoms with E-state index in [2.05, 4.69) is 15.2 Å². The lowest BCUT2D eigenvalue weighted by molar-refractivity contribution is 0.0281. The summed E-state index contributed by atoms with van der Waals surface area (Å²) in [7, 11) is 0. The molecule has 1 aliphatic heterocycles. The lowest BCUT2D eigenvalue weighted by Crippen LogP contribution is -2.54. The number of hydrogen-bond donors (Lipinski definition) is 1. The van der Waals surface area contributed by atoms with Crippen LogP contribution in [0.2, 0.25) is 0 Å². The van der Waals surface area contributed by atoms with E-state index in [0.29, 0.717) is 0 Å². The van der Waals surface area contributed by atoms with E-state index in [0.717, 1.165) is 32.8 Å². The molecule has 0 spiro atoms. The predicted octanol–water partition coefficient (Wildman–Crippen LogP) is 0.552. The molecule has 6 nitrogen and oxygen atoms in total. The molecule has 1 aliphatic rings. The number of amides is 1. The van der Waals surface area contributed by atoms with Gasteiger partial charge in [-0.3, -0.25) is 9.47 Å². The van der Waals surface area contributed by atoms with E-state index >= 15 is 0 Å². The molecule has 100 valence electrons. The minimum atomic E-state index is -0.279. The maximum Gasteiger partial charge on any atom is 0.327 e. The summed E-state index contributed by atoms with van der Waals surface area (Å²) in [6.45, 7) is 8.25. The van der Waals surface area contributed by atoms with Crippen molar-refractivity contribution in [3.8, 4) is 0 Å². The minimum absolute atomic E-state index is 0.147. The first-order chi connectivity index (χ1) is 8.57. The Morgan fingerprint density at radius 3 is 2.78 bits per heavy atom. The number of carbonyl (C=O) groups is 1. The van der Waals surface area contributed by atoms with Gasteiger partial charge in [-0.25, -0.2) is 9.78 Å². The van der Waals surface area contributed by atoms with Crippen LogP contribution in [-0.4, -0.2) is 58.9 Å². The van der Waals surface area contributed by atoms with Crippen LogP contribution in [0.5, 0.6) is 0 Å². The number of carbonyl (C=O) groups excluding carboxylic acids is 1. The highest BCUT2D eigenvalue weighted by Gasteiger charge is 2.25. The second-order valence-electron chi connectivity index (χ2n) is 5.17. The van der Waals surface area contributed by atoms with E-state index in [4.69, 9.17) is 4.74 Å². The summed E-state index contributed by atoms with van der Waals surface area (Å²) in [4.78, 5) is 18.1. The molecule has 1 aromatic rings. The third kappa shape index (κ3) is 3.54. The lowest BCUT2D eigenvalue weighted by atomic mass is 10.1. The molecule has 0 bridgehead atoms. The van der Waals surface area contributed by atoms with Crippen molar-refractivity contribution in [1.29, 1.82) is 0 Å². The predicted molar refractivity (Wildman–Crippen MR) is 67.5 cm³/mol. The fraction of sp³-hybridized carbons (Fsp3) is 0.667. The van der Waals surface area contributed by atoms with E-state index < -0.39 is 0 Å². The van der Waals surface area contributed by atoms with Gasteiger partial charge in [0.2, 0.25) is 0 Å². The zero-order chi connectivity index (χ0) is 13.0. The van der Waals surface area contributed by atoms with Crippen LogP contribution in [0.3, 0.4) is 0 Å². The summed E-state index contributed by atoms with van der Waals surface area (Å²) in [5.41, 5.74) is -0.279. The molecule has 0 aromatic carbocycles. The second-order valence-corrected chi connectivity index (χ2v) is 5.17. The van der Waals surface area contributed by atoms with Gasteiger partial charge in [-0.1, -0.05) is 0 Å². The topological polar surface area (TPSA) is 59.4 Å². The van der Waals surface area contributed by atoms with E-state index in [9.17, 15) is 4.79 Å². The van der Waals surface area contributed by atoms with Crippen LogP contribution >= 0.6 is 0 Å². The number of imidazole rings is 1. The monoisotopic (exact) mass is 252 g/mol. The molecule has 1 aromatic heterocycles. The van der Waals surface area contributed by atoms with Gasteiger partial charge in [-0.2, -0.15) is 0 Å². The molecule has 1 N–H and O–H groups in total. The van der Waals surface area contributed by atoms with Gasteiger partial charge in [0.05, 0.1) is 13.2 Å². The molecule has 0 saturated carbocycles. The van der Waals surface area contributed by atoms with Gasteiger partial charge in [0.1, 0.15) is 6.33 Å². The number of nitrogens with zero attached hydrogens (tertiary/aromatic N) is 3. The first-order valence-corrected chi connectivity index (χ1v) is 6.17. The molecule has 18 heavy (non-hydrogen) atoms. The molecule has 2 heterocycles. The normalized spacial score (nSPS) is 17.7. The molecular weight excluding hydrogens is 232 g/mol. The lowest BCUT2D eigenvalue weighted by Gasteiger charge is -2.35. The number of hydrogen-bond acceptors (Lipinski definition) is 4. The molecule has 1 fully saturated rings. The van der Waals surface area contributed by atoms with Crippen molar-refractivity contribution >= 4 is 6.03 Å². The maximum atomic E-state index is 11.9. The first-order valence-electron chi connectivity index (χ1n) is 6.17. The number of rotatable bonds is 3. The van der Waals surface area contributed by atoms with Crippen molar-refractivity contribution < 1.29 is 9.53 Å². The van der Waals surface area contributed by atoms with Gasteiger partial charge in [0.25, 0.3) is 0 Å². The molecule has 2 rings (SSSR count). The Balaban J connectivity index is 1.88.